The third-order valence-electron chi connectivity index (χ3n) is 13.0. The van der Waals surface area contributed by atoms with Crippen molar-refractivity contribution in [1.29, 1.82) is 0 Å². The van der Waals surface area contributed by atoms with E-state index in [-0.39, 0.29) is 164 Å². The zero-order chi connectivity index (χ0) is 46.1. The molecule has 0 radical (unpaired) electrons. The Labute approximate surface area is 501 Å². The van der Waals surface area contributed by atoms with Crippen LogP contribution in [0.2, 0.25) is 0 Å². The van der Waals surface area contributed by atoms with Crippen molar-refractivity contribution in [3.63, 3.8) is 0 Å². The van der Waals surface area contributed by atoms with E-state index < -0.39 is 0 Å². The molecule has 0 aliphatic rings. The molecule has 0 aliphatic heterocycles. The van der Waals surface area contributed by atoms with E-state index in [0.29, 0.717) is 19.6 Å². The van der Waals surface area contributed by atoms with E-state index in [0.717, 1.165) is 25.7 Å². The quantitative estimate of drug-likeness (QED) is 0.0514. The van der Waals surface area contributed by atoms with E-state index in [1.54, 1.807) is 24.3 Å². The van der Waals surface area contributed by atoms with Crippen LogP contribution in [0, 0.1) is 0 Å². The van der Waals surface area contributed by atoms with Gasteiger partial charge in [-0.25, -0.2) is 0 Å². The van der Waals surface area contributed by atoms with Gasteiger partial charge in [-0.15, -0.1) is 0 Å². The van der Waals surface area contributed by atoms with Crippen LogP contribution in [0.25, 0.3) is 0 Å². The van der Waals surface area contributed by atoms with Crippen molar-refractivity contribution in [2.75, 3.05) is 0 Å². The Morgan fingerprint density at radius 2 is 0.523 bits per heavy atom. The van der Waals surface area contributed by atoms with Crippen molar-refractivity contribution in [2.24, 2.45) is 0 Å². The van der Waals surface area contributed by atoms with Gasteiger partial charge in [0.25, 0.3) is 0 Å². The third-order valence-corrected chi connectivity index (χ3v) is 15.1. The summed E-state index contributed by atoms with van der Waals surface area (Å²) in [6.45, 7) is 26.8. The first-order chi connectivity index (χ1) is 29.2. The average Bonchev–Trinajstić information content (AvgIpc) is 3.21. The number of unbranched alkanes of at least 4 members (excludes halogenated alkanes) is 8. The van der Waals surface area contributed by atoms with E-state index in [1.807, 2.05) is 48.5 Å². The van der Waals surface area contributed by atoms with Gasteiger partial charge < -0.3 is 20.4 Å². The smallest absolute Gasteiger partial charge is 0.872 e. The molecular formula is C56H80K2NiO4S2. The Bertz CT molecular complexity index is 1700. The van der Waals surface area contributed by atoms with Gasteiger partial charge in [-0.2, -0.15) is 0 Å². The molecule has 0 atom stereocenters. The second-order valence-electron chi connectivity index (χ2n) is 20.2. The second-order valence-corrected chi connectivity index (χ2v) is 22.4. The summed E-state index contributed by atoms with van der Waals surface area (Å²) in [4.78, 5) is 2.61. The standard InChI is InChI=1S/2C28H42O2S.2K.Ni/c2*1-7-9-11-17-27(3,4)21-13-15-23(29)25(19-21)31-26-20-22(14-16-24(26)30)28(5,6)18-12-10-8-2;;;/h2*13-16,19-20,29-30H,7-12,17-18H2,1-6H3;;;/q;;2*+1;+2/p-4. The molecule has 9 heteroatoms. The maximum atomic E-state index is 12.6. The Morgan fingerprint density at radius 1 is 0.338 bits per heavy atom. The summed E-state index contributed by atoms with van der Waals surface area (Å²) in [7, 11) is 0. The molecule has 352 valence electrons. The zero-order valence-electron chi connectivity index (χ0n) is 43.0. The van der Waals surface area contributed by atoms with Gasteiger partial charge in [0.1, 0.15) is 0 Å². The van der Waals surface area contributed by atoms with Gasteiger partial charge in [0.05, 0.1) is 0 Å². The summed E-state index contributed by atoms with van der Waals surface area (Å²) in [5.74, 6) is -0.0366. The minimum Gasteiger partial charge on any atom is -0.872 e. The Hall–Kier alpha value is 0.546. The zero-order valence-corrected chi connectivity index (χ0v) is 51.9. The minimum absolute atomic E-state index is 0. The number of hydrogen-bond acceptors (Lipinski definition) is 6. The second kappa shape index (κ2) is 31.8. The first-order valence-corrected chi connectivity index (χ1v) is 25.5. The number of benzene rings is 4. The first kappa shape index (κ1) is 65.5. The molecule has 0 aliphatic carbocycles. The van der Waals surface area contributed by atoms with Crippen LogP contribution < -0.4 is 123 Å². The SMILES string of the molecule is CCCCCC(C)(C)c1ccc([O-])c(Sc2cc(C(C)(C)CCCCC)ccc2[O-])c1.CCCCCC(C)(C)c1ccc([O-])c(Sc2cc(C(C)(C)CCCCC)ccc2[O-])c1.[K+].[K+].[Ni+2]. The monoisotopic (exact) mass is 1020 g/mol. The van der Waals surface area contributed by atoms with Gasteiger partial charge >= 0.3 is 119 Å². The van der Waals surface area contributed by atoms with Crippen molar-refractivity contribution in [3.8, 4) is 23.0 Å². The van der Waals surface area contributed by atoms with Crippen molar-refractivity contribution in [1.82, 2.24) is 0 Å². The molecule has 0 saturated heterocycles. The Kier molecular flexibility index (Phi) is 32.1. The van der Waals surface area contributed by atoms with Crippen LogP contribution in [0.15, 0.2) is 92.4 Å². The molecule has 4 nitrogen and oxygen atoms in total. The van der Waals surface area contributed by atoms with Crippen LogP contribution in [0.3, 0.4) is 0 Å². The van der Waals surface area contributed by atoms with Gasteiger partial charge in [-0.1, -0.05) is 255 Å². The molecule has 0 bridgehead atoms. The molecule has 0 amide bonds. The summed E-state index contributed by atoms with van der Waals surface area (Å²) in [5, 5.41) is 50.4. The number of hydrogen-bond donors (Lipinski definition) is 0. The van der Waals surface area contributed by atoms with Gasteiger partial charge in [-0.3, -0.25) is 0 Å². The average molecular weight is 1020 g/mol. The first-order valence-electron chi connectivity index (χ1n) is 23.8. The van der Waals surface area contributed by atoms with Crippen LogP contribution in [0.5, 0.6) is 23.0 Å². The van der Waals surface area contributed by atoms with Crippen LogP contribution >= 0.6 is 23.5 Å². The van der Waals surface area contributed by atoms with E-state index in [2.05, 4.69) is 83.1 Å². The van der Waals surface area contributed by atoms with Crippen molar-refractivity contribution < 1.29 is 140 Å². The van der Waals surface area contributed by atoms with Crippen molar-refractivity contribution in [2.45, 2.75) is 227 Å². The third kappa shape index (κ3) is 21.4. The van der Waals surface area contributed by atoms with E-state index in [1.165, 1.54) is 123 Å². The molecule has 0 fully saturated rings. The molecule has 0 aromatic heterocycles. The molecule has 0 unspecified atom stereocenters. The van der Waals surface area contributed by atoms with E-state index in [4.69, 9.17) is 0 Å². The number of rotatable bonds is 24. The van der Waals surface area contributed by atoms with Gasteiger partial charge in [0.2, 0.25) is 0 Å². The molecule has 0 N–H and O–H groups in total. The van der Waals surface area contributed by atoms with Gasteiger partial charge in [0, 0.05) is 19.6 Å². The van der Waals surface area contributed by atoms with Crippen molar-refractivity contribution in [3.05, 3.63) is 95.1 Å². The Morgan fingerprint density at radius 3 is 0.692 bits per heavy atom. The fraction of sp³-hybridized carbons (Fsp3) is 0.571. The minimum atomic E-state index is -0.00915. The Balaban J connectivity index is 0.00000120. The van der Waals surface area contributed by atoms with Crippen LogP contribution in [-0.2, 0) is 38.2 Å². The van der Waals surface area contributed by atoms with Crippen LogP contribution in [0.1, 0.15) is 208 Å². The maximum absolute atomic E-state index is 12.6. The topological polar surface area (TPSA) is 92.2 Å². The maximum Gasteiger partial charge on any atom is 2.00 e. The largest absolute Gasteiger partial charge is 2.00 e. The fourth-order valence-corrected chi connectivity index (χ4v) is 10.0. The predicted octanol–water partition coefficient (Wildman–Crippen LogP) is 9.41. The summed E-state index contributed by atoms with van der Waals surface area (Å²) >= 11 is 2.67. The molecule has 4 aromatic carbocycles. The van der Waals surface area contributed by atoms with E-state index >= 15 is 0 Å². The van der Waals surface area contributed by atoms with Gasteiger partial charge in [-0.05, 0) is 93.9 Å². The fourth-order valence-electron chi connectivity index (χ4n) is 8.12. The summed E-state index contributed by atoms with van der Waals surface area (Å²) < 4.78 is 0. The van der Waals surface area contributed by atoms with Crippen LogP contribution in [0.4, 0.5) is 0 Å². The van der Waals surface area contributed by atoms with Crippen molar-refractivity contribution >= 4 is 23.5 Å². The summed E-state index contributed by atoms with van der Waals surface area (Å²) in [5.41, 5.74) is 4.76. The predicted molar refractivity (Wildman–Crippen MR) is 260 cm³/mol. The van der Waals surface area contributed by atoms with Gasteiger partial charge in [0.15, 0.2) is 0 Å². The summed E-state index contributed by atoms with van der Waals surface area (Å²) in [6, 6.07) is 22.6. The molecule has 4 rings (SSSR count). The normalized spacial score (nSPS) is 11.8. The molecule has 0 saturated carbocycles. The van der Waals surface area contributed by atoms with E-state index in [9.17, 15) is 20.4 Å². The molecule has 65 heavy (non-hydrogen) atoms. The molecule has 0 heterocycles. The molecule has 4 aromatic rings. The molecule has 0 spiro atoms. The summed E-state index contributed by atoms with van der Waals surface area (Å²) in [6.07, 6.45) is 18.8. The van der Waals surface area contributed by atoms with Crippen LogP contribution in [-0.4, -0.2) is 0 Å². The molecular weight excluding hydrogens is 938 g/mol.